The highest BCUT2D eigenvalue weighted by Crippen LogP contribution is 2.44. The number of esters is 1. The van der Waals surface area contributed by atoms with E-state index < -0.39 is 23.7 Å². The molecular formula is C30H34N2O4. The highest BCUT2D eigenvalue weighted by atomic mass is 16.6. The third-order valence-corrected chi connectivity index (χ3v) is 6.61. The maximum atomic E-state index is 13.2. The molecule has 1 aliphatic carbocycles. The number of pyridine rings is 1. The van der Waals surface area contributed by atoms with Crippen molar-refractivity contribution < 1.29 is 19.1 Å². The Labute approximate surface area is 213 Å². The first kappa shape index (κ1) is 25.4. The SMILES string of the molecule is Cc1ccncc1CCC(C(=O)OC(C)(C)C)N(C)C(=O)OCC1c2ccccc2-c2ccccc21. The molecule has 0 bridgehead atoms. The van der Waals surface area contributed by atoms with E-state index in [0.29, 0.717) is 12.8 Å². The number of carbonyl (C=O) groups is 2. The molecule has 0 fully saturated rings. The lowest BCUT2D eigenvalue weighted by atomic mass is 9.98. The third kappa shape index (κ3) is 5.59. The van der Waals surface area contributed by atoms with Gasteiger partial charge in [0.15, 0.2) is 0 Å². The van der Waals surface area contributed by atoms with Crippen LogP contribution in [0, 0.1) is 6.92 Å². The van der Waals surface area contributed by atoms with Gasteiger partial charge in [0, 0.05) is 25.4 Å². The van der Waals surface area contributed by atoms with Gasteiger partial charge in [0.1, 0.15) is 18.2 Å². The van der Waals surface area contributed by atoms with E-state index in [1.165, 1.54) is 16.0 Å². The first-order valence-corrected chi connectivity index (χ1v) is 12.4. The molecule has 1 aromatic heterocycles. The molecule has 3 aromatic rings. The fraction of sp³-hybridized carbons (Fsp3) is 0.367. The second-order valence-electron chi connectivity index (χ2n) is 10.3. The molecule has 188 valence electrons. The predicted octanol–water partition coefficient (Wildman–Crippen LogP) is 5.91. The maximum Gasteiger partial charge on any atom is 0.410 e. The van der Waals surface area contributed by atoms with E-state index in [0.717, 1.165) is 22.3 Å². The largest absolute Gasteiger partial charge is 0.458 e. The van der Waals surface area contributed by atoms with Gasteiger partial charge in [-0.1, -0.05) is 48.5 Å². The smallest absolute Gasteiger partial charge is 0.410 e. The van der Waals surface area contributed by atoms with Crippen LogP contribution in [0.25, 0.3) is 11.1 Å². The lowest BCUT2D eigenvalue weighted by Gasteiger charge is -2.30. The van der Waals surface area contributed by atoms with Crippen molar-refractivity contribution in [2.75, 3.05) is 13.7 Å². The monoisotopic (exact) mass is 486 g/mol. The number of carbonyl (C=O) groups excluding carboxylic acids is 2. The Morgan fingerprint density at radius 2 is 1.61 bits per heavy atom. The molecular weight excluding hydrogens is 452 g/mol. The summed E-state index contributed by atoms with van der Waals surface area (Å²) in [7, 11) is 1.60. The summed E-state index contributed by atoms with van der Waals surface area (Å²) in [6.45, 7) is 7.66. The maximum absolute atomic E-state index is 13.2. The number of hydrogen-bond donors (Lipinski definition) is 0. The van der Waals surface area contributed by atoms with E-state index in [1.807, 2.05) is 58.0 Å². The van der Waals surface area contributed by atoms with Crippen molar-refractivity contribution >= 4 is 12.1 Å². The predicted molar refractivity (Wildman–Crippen MR) is 140 cm³/mol. The Balaban J connectivity index is 1.49. The van der Waals surface area contributed by atoms with Crippen molar-refractivity contribution in [3.05, 3.63) is 89.2 Å². The van der Waals surface area contributed by atoms with Gasteiger partial charge in [-0.15, -0.1) is 0 Å². The van der Waals surface area contributed by atoms with Gasteiger partial charge in [-0.05, 0) is 80.0 Å². The molecule has 0 N–H and O–H groups in total. The van der Waals surface area contributed by atoms with Crippen LogP contribution < -0.4 is 0 Å². The van der Waals surface area contributed by atoms with Crippen LogP contribution in [0.15, 0.2) is 67.0 Å². The number of aromatic nitrogens is 1. The highest BCUT2D eigenvalue weighted by molar-refractivity contribution is 5.82. The zero-order chi connectivity index (χ0) is 25.9. The average Bonchev–Trinajstić information content (AvgIpc) is 3.16. The zero-order valence-corrected chi connectivity index (χ0v) is 21.7. The number of nitrogens with zero attached hydrogens (tertiary/aromatic N) is 2. The number of fused-ring (bicyclic) bond motifs is 3. The van der Waals surface area contributed by atoms with Gasteiger partial charge in [-0.3, -0.25) is 9.88 Å². The van der Waals surface area contributed by atoms with Crippen molar-refractivity contribution in [1.82, 2.24) is 9.88 Å². The molecule has 1 aliphatic rings. The van der Waals surface area contributed by atoms with E-state index >= 15 is 0 Å². The molecule has 1 amide bonds. The van der Waals surface area contributed by atoms with Crippen molar-refractivity contribution in [1.29, 1.82) is 0 Å². The van der Waals surface area contributed by atoms with Crippen LogP contribution in [0.1, 0.15) is 55.4 Å². The molecule has 6 heteroatoms. The van der Waals surface area contributed by atoms with Crippen LogP contribution in [0.3, 0.4) is 0 Å². The Kier molecular flexibility index (Phi) is 7.43. The van der Waals surface area contributed by atoms with Gasteiger partial charge >= 0.3 is 12.1 Å². The molecule has 0 saturated carbocycles. The summed E-state index contributed by atoms with van der Waals surface area (Å²) >= 11 is 0. The van der Waals surface area contributed by atoms with Crippen LogP contribution in [0.4, 0.5) is 4.79 Å². The Morgan fingerprint density at radius 3 is 2.19 bits per heavy atom. The molecule has 2 aromatic carbocycles. The molecule has 1 atom stereocenters. The van der Waals surface area contributed by atoms with Gasteiger partial charge < -0.3 is 9.47 Å². The number of aryl methyl sites for hydroxylation is 2. The topological polar surface area (TPSA) is 68.7 Å². The second kappa shape index (κ2) is 10.5. The first-order chi connectivity index (χ1) is 17.2. The van der Waals surface area contributed by atoms with Crippen LogP contribution in [-0.2, 0) is 20.7 Å². The molecule has 0 aliphatic heterocycles. The minimum atomic E-state index is -0.778. The van der Waals surface area contributed by atoms with Crippen molar-refractivity contribution in [3.8, 4) is 11.1 Å². The minimum absolute atomic E-state index is 0.0484. The summed E-state index contributed by atoms with van der Waals surface area (Å²) < 4.78 is 11.5. The van der Waals surface area contributed by atoms with E-state index in [4.69, 9.17) is 9.47 Å². The molecule has 4 rings (SSSR count). The Hall–Kier alpha value is -3.67. The number of hydrogen-bond acceptors (Lipinski definition) is 5. The van der Waals surface area contributed by atoms with Crippen LogP contribution in [0.2, 0.25) is 0 Å². The highest BCUT2D eigenvalue weighted by Gasteiger charge is 2.34. The van der Waals surface area contributed by atoms with E-state index in [1.54, 1.807) is 19.4 Å². The second-order valence-corrected chi connectivity index (χ2v) is 10.3. The molecule has 6 nitrogen and oxygen atoms in total. The molecule has 0 spiro atoms. The van der Waals surface area contributed by atoms with Gasteiger partial charge in [-0.2, -0.15) is 0 Å². The van der Waals surface area contributed by atoms with Crippen molar-refractivity contribution in [2.24, 2.45) is 0 Å². The lowest BCUT2D eigenvalue weighted by molar-refractivity contribution is -0.160. The van der Waals surface area contributed by atoms with Gasteiger partial charge in [-0.25, -0.2) is 9.59 Å². The normalized spacial score (nSPS) is 13.5. The number of ether oxygens (including phenoxy) is 2. The summed E-state index contributed by atoms with van der Waals surface area (Å²) in [6, 6.07) is 17.6. The Morgan fingerprint density at radius 1 is 1.00 bits per heavy atom. The van der Waals surface area contributed by atoms with Crippen molar-refractivity contribution in [3.63, 3.8) is 0 Å². The van der Waals surface area contributed by atoms with Gasteiger partial charge in [0.2, 0.25) is 0 Å². The minimum Gasteiger partial charge on any atom is -0.458 e. The summed E-state index contributed by atoms with van der Waals surface area (Å²) in [5.41, 5.74) is 6.09. The molecule has 0 saturated heterocycles. The lowest BCUT2D eigenvalue weighted by Crippen LogP contribution is -2.46. The van der Waals surface area contributed by atoms with Crippen LogP contribution in [-0.4, -0.2) is 47.2 Å². The van der Waals surface area contributed by atoms with Crippen LogP contribution in [0.5, 0.6) is 0 Å². The standard InChI is InChI=1S/C30H34N2O4/c1-20-16-17-31-18-21(20)14-15-27(28(33)36-30(2,3)4)32(5)29(34)35-19-26-24-12-8-6-10-22(24)23-11-7-9-13-25(23)26/h6-13,16-18,26-27H,14-15,19H2,1-5H3. The average molecular weight is 487 g/mol. The van der Waals surface area contributed by atoms with E-state index in [-0.39, 0.29) is 12.5 Å². The van der Waals surface area contributed by atoms with Crippen LogP contribution >= 0.6 is 0 Å². The molecule has 0 radical (unpaired) electrons. The number of rotatable bonds is 7. The zero-order valence-electron chi connectivity index (χ0n) is 21.7. The quantitative estimate of drug-likeness (QED) is 0.388. The van der Waals surface area contributed by atoms with E-state index in [9.17, 15) is 9.59 Å². The third-order valence-electron chi connectivity index (χ3n) is 6.61. The number of amides is 1. The molecule has 1 unspecified atom stereocenters. The van der Waals surface area contributed by atoms with Crippen molar-refractivity contribution in [2.45, 2.75) is 58.1 Å². The molecule has 36 heavy (non-hydrogen) atoms. The fourth-order valence-electron chi connectivity index (χ4n) is 4.71. The summed E-state index contributed by atoms with van der Waals surface area (Å²) in [6.07, 6.45) is 3.99. The summed E-state index contributed by atoms with van der Waals surface area (Å²) in [5.74, 6) is -0.493. The first-order valence-electron chi connectivity index (χ1n) is 12.4. The number of benzene rings is 2. The fourth-order valence-corrected chi connectivity index (χ4v) is 4.71. The summed E-state index contributed by atoms with van der Waals surface area (Å²) in [4.78, 5) is 31.9. The Bertz CT molecular complexity index is 1200. The van der Waals surface area contributed by atoms with E-state index in [2.05, 4.69) is 29.2 Å². The van der Waals surface area contributed by atoms with Gasteiger partial charge in [0.25, 0.3) is 0 Å². The molecule has 1 heterocycles. The number of likely N-dealkylation sites (N-methyl/N-ethyl adjacent to an activating group) is 1. The van der Waals surface area contributed by atoms with Gasteiger partial charge in [0.05, 0.1) is 0 Å². The summed E-state index contributed by atoms with van der Waals surface area (Å²) in [5, 5.41) is 0.